The number of hydrogen-bond donors (Lipinski definition) is 0. The van der Waals surface area contributed by atoms with E-state index in [0.717, 1.165) is 6.42 Å². The summed E-state index contributed by atoms with van der Waals surface area (Å²) >= 11 is 0. The highest BCUT2D eigenvalue weighted by molar-refractivity contribution is 5.10. The molecule has 74 valence electrons. The Morgan fingerprint density at radius 1 is 1.46 bits per heavy atom. The second-order valence-electron chi connectivity index (χ2n) is 2.90. The summed E-state index contributed by atoms with van der Waals surface area (Å²) in [5.41, 5.74) is 1.23. The van der Waals surface area contributed by atoms with Gasteiger partial charge in [-0.05, 0) is 20.3 Å². The molecule has 0 spiro atoms. The van der Waals surface area contributed by atoms with Crippen LogP contribution in [0.1, 0.15) is 46.5 Å². The molecule has 0 nitrogen and oxygen atoms in total. The lowest BCUT2D eigenvalue weighted by atomic mass is 10.2. The average molecular weight is 178 g/mol. The van der Waals surface area contributed by atoms with Crippen LogP contribution in [0.15, 0.2) is 24.3 Å². The molecule has 0 aromatic rings. The van der Waals surface area contributed by atoms with Gasteiger partial charge in [-0.2, -0.15) is 0 Å². The Labute approximate surface area is 83.7 Å². The largest absolute Gasteiger partial charge is 0.120 e. The summed E-state index contributed by atoms with van der Waals surface area (Å²) in [6.45, 7) is 9.76. The average Bonchev–Trinajstić information content (AvgIpc) is 2.18. The number of hydrogen-bond acceptors (Lipinski definition) is 0. The van der Waals surface area contributed by atoms with E-state index in [9.17, 15) is 0 Å². The van der Waals surface area contributed by atoms with Crippen molar-refractivity contribution in [2.75, 3.05) is 0 Å². The van der Waals surface area contributed by atoms with E-state index in [0.29, 0.717) is 0 Å². The van der Waals surface area contributed by atoms with E-state index in [4.69, 9.17) is 6.42 Å². The summed E-state index contributed by atoms with van der Waals surface area (Å²) in [5.74, 6) is 2.60. The molecule has 0 saturated heterocycles. The predicted octanol–water partition coefficient (Wildman–Crippen LogP) is 4.34. The van der Waals surface area contributed by atoms with E-state index in [1.165, 1.54) is 24.8 Å². The number of allylic oxidation sites excluding steroid dienone is 3. The van der Waals surface area contributed by atoms with E-state index < -0.39 is 0 Å². The van der Waals surface area contributed by atoms with Gasteiger partial charge in [0.25, 0.3) is 0 Å². The number of rotatable bonds is 4. The minimum absolute atomic E-state index is 0.952. The molecule has 0 aliphatic heterocycles. The maximum Gasteiger partial charge on any atom is 0.00860 e. The molecule has 13 heavy (non-hydrogen) atoms. The van der Waals surface area contributed by atoms with Gasteiger partial charge in [0, 0.05) is 6.42 Å². The van der Waals surface area contributed by atoms with Crippen molar-refractivity contribution in [3.05, 3.63) is 24.3 Å². The minimum atomic E-state index is 0.952. The molecular formula is C13H22. The maximum atomic E-state index is 5.02. The summed E-state index contributed by atoms with van der Waals surface area (Å²) in [6.07, 6.45) is 13.6. The normalized spacial score (nSPS) is 9.54. The van der Waals surface area contributed by atoms with Crippen LogP contribution in [0.2, 0.25) is 0 Å². The third-order valence-corrected chi connectivity index (χ3v) is 1.70. The van der Waals surface area contributed by atoms with Crippen LogP contribution in [0.5, 0.6) is 0 Å². The van der Waals surface area contributed by atoms with E-state index in [1.54, 1.807) is 0 Å². The molecule has 0 amide bonds. The highest BCUT2D eigenvalue weighted by atomic mass is 13.8. The fraction of sp³-hybridized carbons (Fsp3) is 0.538. The third kappa shape index (κ3) is 18.2. The fourth-order valence-electron chi connectivity index (χ4n) is 0.595. The van der Waals surface area contributed by atoms with Crippen molar-refractivity contribution in [1.29, 1.82) is 0 Å². The monoisotopic (exact) mass is 178 g/mol. The van der Waals surface area contributed by atoms with E-state index in [-0.39, 0.29) is 0 Å². The zero-order valence-corrected chi connectivity index (χ0v) is 9.27. The van der Waals surface area contributed by atoms with Gasteiger partial charge in [0.1, 0.15) is 0 Å². The quantitative estimate of drug-likeness (QED) is 0.341. The van der Waals surface area contributed by atoms with Crippen molar-refractivity contribution in [3.8, 4) is 12.3 Å². The first kappa shape index (κ1) is 14.6. The predicted molar refractivity (Wildman–Crippen MR) is 62.6 cm³/mol. The van der Waals surface area contributed by atoms with Crippen LogP contribution in [0.3, 0.4) is 0 Å². The molecule has 0 heterocycles. The lowest BCUT2D eigenvalue weighted by Gasteiger charge is -1.86. The van der Waals surface area contributed by atoms with Gasteiger partial charge in [0.15, 0.2) is 0 Å². The Kier molecular flexibility index (Phi) is 15.2. The molecule has 0 rings (SSSR count). The maximum absolute atomic E-state index is 5.02. The van der Waals surface area contributed by atoms with Gasteiger partial charge >= 0.3 is 0 Å². The van der Waals surface area contributed by atoms with Gasteiger partial charge in [-0.1, -0.05) is 44.1 Å². The Bertz CT molecular complexity index is 167. The molecule has 0 bridgehead atoms. The van der Waals surface area contributed by atoms with Crippen LogP contribution in [-0.4, -0.2) is 0 Å². The molecule has 0 N–H and O–H groups in total. The van der Waals surface area contributed by atoms with Gasteiger partial charge < -0.3 is 0 Å². The van der Waals surface area contributed by atoms with Crippen LogP contribution in [0.25, 0.3) is 0 Å². The first-order valence-electron chi connectivity index (χ1n) is 4.91. The SMILES string of the molecule is C#CCCCCC.C=CC(C)=CC. The second kappa shape index (κ2) is 13.6. The molecule has 0 saturated carbocycles. The van der Waals surface area contributed by atoms with Gasteiger partial charge in [0.05, 0.1) is 0 Å². The highest BCUT2D eigenvalue weighted by Gasteiger charge is 1.77. The molecule has 0 fully saturated rings. The Morgan fingerprint density at radius 3 is 2.31 bits per heavy atom. The highest BCUT2D eigenvalue weighted by Crippen LogP contribution is 1.95. The van der Waals surface area contributed by atoms with E-state index >= 15 is 0 Å². The zero-order valence-electron chi connectivity index (χ0n) is 9.27. The Hall–Kier alpha value is -0.960. The molecule has 0 unspecified atom stereocenters. The fourth-order valence-corrected chi connectivity index (χ4v) is 0.595. The molecule has 0 aliphatic carbocycles. The standard InChI is InChI=1S/C7H12.C6H10/c1-3-5-7-6-4-2;1-4-6(3)5-2/h1H,4-7H2,2H3;4-5H,1H2,2-3H3. The molecule has 0 heteroatoms. The van der Waals surface area contributed by atoms with Crippen molar-refractivity contribution in [1.82, 2.24) is 0 Å². The zero-order chi connectivity index (χ0) is 10.5. The molecule has 0 atom stereocenters. The van der Waals surface area contributed by atoms with Gasteiger partial charge in [0.2, 0.25) is 0 Å². The van der Waals surface area contributed by atoms with Crippen LogP contribution in [0.4, 0.5) is 0 Å². The second-order valence-corrected chi connectivity index (χ2v) is 2.90. The Balaban J connectivity index is 0. The van der Waals surface area contributed by atoms with Crippen LogP contribution >= 0.6 is 0 Å². The van der Waals surface area contributed by atoms with Crippen molar-refractivity contribution >= 4 is 0 Å². The van der Waals surface area contributed by atoms with E-state index in [2.05, 4.69) is 19.4 Å². The summed E-state index contributed by atoms with van der Waals surface area (Å²) in [7, 11) is 0. The lowest BCUT2D eigenvalue weighted by Crippen LogP contribution is -1.68. The molecule has 0 aliphatic rings. The van der Waals surface area contributed by atoms with Crippen LogP contribution < -0.4 is 0 Å². The first-order valence-corrected chi connectivity index (χ1v) is 4.91. The topological polar surface area (TPSA) is 0 Å². The van der Waals surface area contributed by atoms with Crippen molar-refractivity contribution in [2.24, 2.45) is 0 Å². The minimum Gasteiger partial charge on any atom is -0.120 e. The number of terminal acetylenes is 1. The first-order chi connectivity index (χ1) is 6.22. The van der Waals surface area contributed by atoms with Gasteiger partial charge in [-0.15, -0.1) is 12.3 Å². The molecule has 0 radical (unpaired) electrons. The van der Waals surface area contributed by atoms with Crippen molar-refractivity contribution < 1.29 is 0 Å². The van der Waals surface area contributed by atoms with Crippen LogP contribution in [-0.2, 0) is 0 Å². The summed E-state index contributed by atoms with van der Waals surface area (Å²) < 4.78 is 0. The van der Waals surface area contributed by atoms with E-state index in [1.807, 2.05) is 26.0 Å². The number of unbranched alkanes of at least 4 members (excludes halogenated alkanes) is 3. The molecule has 0 aromatic heterocycles. The molecule has 0 aromatic carbocycles. The Morgan fingerprint density at radius 2 is 2.08 bits per heavy atom. The summed E-state index contributed by atoms with van der Waals surface area (Å²) in [4.78, 5) is 0. The van der Waals surface area contributed by atoms with Crippen LogP contribution in [0, 0.1) is 12.3 Å². The van der Waals surface area contributed by atoms with Crippen molar-refractivity contribution in [2.45, 2.75) is 46.5 Å². The lowest BCUT2D eigenvalue weighted by molar-refractivity contribution is 0.737. The summed E-state index contributed by atoms with van der Waals surface area (Å²) in [6, 6.07) is 0. The van der Waals surface area contributed by atoms with Crippen molar-refractivity contribution in [3.63, 3.8) is 0 Å². The summed E-state index contributed by atoms with van der Waals surface area (Å²) in [5, 5.41) is 0. The van der Waals surface area contributed by atoms with Gasteiger partial charge in [-0.3, -0.25) is 0 Å². The third-order valence-electron chi connectivity index (χ3n) is 1.70. The molecular weight excluding hydrogens is 156 g/mol. The smallest absolute Gasteiger partial charge is 0.00860 e. The van der Waals surface area contributed by atoms with Gasteiger partial charge in [-0.25, -0.2) is 0 Å².